The van der Waals surface area contributed by atoms with Gasteiger partial charge in [-0.3, -0.25) is 0 Å². The van der Waals surface area contributed by atoms with E-state index in [1.54, 1.807) is 12.1 Å². The van der Waals surface area contributed by atoms with Crippen molar-refractivity contribution in [2.24, 2.45) is 0 Å². The van der Waals surface area contributed by atoms with Crippen LogP contribution in [0, 0.1) is 0 Å². The number of benzene rings is 1. The molecule has 1 fully saturated rings. The zero-order chi connectivity index (χ0) is 12.5. The largest absolute Gasteiger partial charge is 0.319 e. The van der Waals surface area contributed by atoms with Crippen LogP contribution in [-0.4, -0.2) is 28.3 Å². The summed E-state index contributed by atoms with van der Waals surface area (Å²) in [6.07, 6.45) is 4.88. The molecule has 0 radical (unpaired) electrons. The van der Waals surface area contributed by atoms with Gasteiger partial charge in [0.1, 0.15) is 0 Å². The van der Waals surface area contributed by atoms with Crippen molar-refractivity contribution in [1.29, 1.82) is 0 Å². The van der Waals surface area contributed by atoms with E-state index < -0.39 is 9.84 Å². The van der Waals surface area contributed by atoms with E-state index in [0.717, 1.165) is 6.54 Å². The second-order valence-electron chi connectivity index (χ2n) is 4.96. The predicted molar refractivity (Wildman–Crippen MR) is 69.0 cm³/mol. The van der Waals surface area contributed by atoms with E-state index in [0.29, 0.717) is 4.90 Å². The summed E-state index contributed by atoms with van der Waals surface area (Å²) in [5.74, 6) is 0. The van der Waals surface area contributed by atoms with Crippen LogP contribution in [0.25, 0.3) is 0 Å². The summed E-state index contributed by atoms with van der Waals surface area (Å²) in [7, 11) is -1.12. The van der Waals surface area contributed by atoms with Crippen LogP contribution >= 0.6 is 0 Å². The number of nitrogens with one attached hydrogen (secondary N) is 1. The van der Waals surface area contributed by atoms with E-state index in [9.17, 15) is 8.42 Å². The van der Waals surface area contributed by atoms with Gasteiger partial charge in [-0.15, -0.1) is 0 Å². The van der Waals surface area contributed by atoms with E-state index in [4.69, 9.17) is 0 Å². The maximum absolute atomic E-state index is 11.4. The van der Waals surface area contributed by atoms with Gasteiger partial charge in [0.25, 0.3) is 0 Å². The van der Waals surface area contributed by atoms with E-state index in [-0.39, 0.29) is 5.41 Å². The summed E-state index contributed by atoms with van der Waals surface area (Å²) in [5, 5.41) is 3.24. The monoisotopic (exact) mass is 253 g/mol. The molecular weight excluding hydrogens is 234 g/mol. The van der Waals surface area contributed by atoms with Crippen molar-refractivity contribution in [3.05, 3.63) is 29.8 Å². The van der Waals surface area contributed by atoms with E-state index >= 15 is 0 Å². The van der Waals surface area contributed by atoms with Crippen LogP contribution in [-0.2, 0) is 15.3 Å². The number of sulfone groups is 1. The van der Waals surface area contributed by atoms with Crippen molar-refractivity contribution < 1.29 is 8.42 Å². The molecular formula is C13H19NO2S. The zero-order valence-corrected chi connectivity index (χ0v) is 11.2. The summed E-state index contributed by atoms with van der Waals surface area (Å²) < 4.78 is 22.8. The smallest absolute Gasteiger partial charge is 0.175 e. The third-order valence-electron chi connectivity index (χ3n) is 3.72. The minimum Gasteiger partial charge on any atom is -0.319 e. The molecule has 1 aliphatic rings. The molecule has 0 atom stereocenters. The highest BCUT2D eigenvalue weighted by molar-refractivity contribution is 7.90. The molecule has 2 rings (SSSR count). The molecule has 0 heterocycles. The van der Waals surface area contributed by atoms with Crippen LogP contribution < -0.4 is 5.32 Å². The van der Waals surface area contributed by atoms with Crippen LogP contribution in [0.2, 0.25) is 0 Å². The van der Waals surface area contributed by atoms with Gasteiger partial charge in [-0.05, 0) is 37.6 Å². The second kappa shape index (κ2) is 4.42. The first-order valence-electron chi connectivity index (χ1n) is 5.93. The van der Waals surface area contributed by atoms with Crippen LogP contribution in [0.3, 0.4) is 0 Å². The van der Waals surface area contributed by atoms with Gasteiger partial charge in [-0.2, -0.15) is 0 Å². The Kier molecular flexibility index (Phi) is 3.27. The van der Waals surface area contributed by atoms with Crippen LogP contribution in [0.5, 0.6) is 0 Å². The minimum absolute atomic E-state index is 0.227. The Bertz CT molecular complexity index is 487. The molecule has 0 saturated heterocycles. The molecule has 3 nitrogen and oxygen atoms in total. The summed E-state index contributed by atoms with van der Waals surface area (Å²) in [4.78, 5) is 0.403. The Morgan fingerprint density at radius 1 is 1.24 bits per heavy atom. The third-order valence-corrected chi connectivity index (χ3v) is 4.85. The molecule has 17 heavy (non-hydrogen) atoms. The fourth-order valence-electron chi connectivity index (χ4n) is 2.57. The second-order valence-corrected chi connectivity index (χ2v) is 6.98. The third kappa shape index (κ3) is 2.38. The average Bonchev–Trinajstić information content (AvgIpc) is 2.22. The zero-order valence-electron chi connectivity index (χ0n) is 10.4. The normalized spacial score (nSPS) is 18.7. The van der Waals surface area contributed by atoms with Crippen molar-refractivity contribution in [1.82, 2.24) is 5.32 Å². The number of likely N-dealkylation sites (N-methyl/N-ethyl adjacent to an activating group) is 1. The minimum atomic E-state index is -3.08. The maximum atomic E-state index is 11.4. The Morgan fingerprint density at radius 2 is 1.82 bits per heavy atom. The highest BCUT2D eigenvalue weighted by Gasteiger charge is 2.37. The molecule has 1 aromatic rings. The van der Waals surface area contributed by atoms with Gasteiger partial charge in [-0.25, -0.2) is 8.42 Å². The molecule has 0 aliphatic heterocycles. The molecule has 1 saturated carbocycles. The molecule has 1 aliphatic carbocycles. The van der Waals surface area contributed by atoms with E-state index in [1.807, 2.05) is 19.2 Å². The van der Waals surface area contributed by atoms with Gasteiger partial charge in [0, 0.05) is 18.2 Å². The first kappa shape index (κ1) is 12.6. The summed E-state index contributed by atoms with van der Waals surface area (Å²) in [6.45, 7) is 0.964. The SMILES string of the molecule is CNCC1(c2ccc(S(C)(=O)=O)cc2)CCC1. The van der Waals surface area contributed by atoms with Gasteiger partial charge in [-0.1, -0.05) is 18.6 Å². The lowest BCUT2D eigenvalue weighted by molar-refractivity contribution is 0.239. The molecule has 1 aromatic carbocycles. The van der Waals surface area contributed by atoms with Gasteiger partial charge >= 0.3 is 0 Å². The lowest BCUT2D eigenvalue weighted by Gasteiger charge is -2.42. The van der Waals surface area contributed by atoms with Gasteiger partial charge < -0.3 is 5.32 Å². The first-order valence-corrected chi connectivity index (χ1v) is 7.82. The Balaban J connectivity index is 2.29. The highest BCUT2D eigenvalue weighted by atomic mass is 32.2. The van der Waals surface area contributed by atoms with Crippen molar-refractivity contribution in [2.75, 3.05) is 19.8 Å². The molecule has 0 bridgehead atoms. The van der Waals surface area contributed by atoms with Gasteiger partial charge in [0.2, 0.25) is 0 Å². The van der Waals surface area contributed by atoms with Crippen LogP contribution in [0.1, 0.15) is 24.8 Å². The quantitative estimate of drug-likeness (QED) is 0.889. The van der Waals surface area contributed by atoms with Gasteiger partial charge in [0.15, 0.2) is 9.84 Å². The molecule has 0 spiro atoms. The molecule has 0 amide bonds. The lowest BCUT2D eigenvalue weighted by Crippen LogP contribution is -2.42. The van der Waals surface area contributed by atoms with Crippen LogP contribution in [0.4, 0.5) is 0 Å². The molecule has 1 N–H and O–H groups in total. The van der Waals surface area contributed by atoms with Crippen molar-refractivity contribution in [2.45, 2.75) is 29.6 Å². The van der Waals surface area contributed by atoms with E-state index in [2.05, 4.69) is 5.32 Å². The lowest BCUT2D eigenvalue weighted by atomic mass is 9.64. The molecule has 0 unspecified atom stereocenters. The fourth-order valence-corrected chi connectivity index (χ4v) is 3.20. The molecule has 0 aromatic heterocycles. The van der Waals surface area contributed by atoms with Gasteiger partial charge in [0.05, 0.1) is 4.90 Å². The maximum Gasteiger partial charge on any atom is 0.175 e. The molecule has 94 valence electrons. The summed E-state index contributed by atoms with van der Waals surface area (Å²) in [5.41, 5.74) is 1.48. The van der Waals surface area contributed by atoms with Crippen LogP contribution in [0.15, 0.2) is 29.2 Å². The standard InChI is InChI=1S/C13H19NO2S/c1-14-10-13(8-3-9-13)11-4-6-12(7-5-11)17(2,15)16/h4-7,14H,3,8-10H2,1-2H3. The highest BCUT2D eigenvalue weighted by Crippen LogP contribution is 2.43. The number of hydrogen-bond donors (Lipinski definition) is 1. The Hall–Kier alpha value is -0.870. The van der Waals surface area contributed by atoms with Crippen molar-refractivity contribution in [3.63, 3.8) is 0 Å². The van der Waals surface area contributed by atoms with Crippen molar-refractivity contribution in [3.8, 4) is 0 Å². The fraction of sp³-hybridized carbons (Fsp3) is 0.538. The average molecular weight is 253 g/mol. The number of hydrogen-bond acceptors (Lipinski definition) is 3. The Labute approximate surface area is 103 Å². The van der Waals surface area contributed by atoms with E-state index in [1.165, 1.54) is 31.1 Å². The summed E-state index contributed by atoms with van der Waals surface area (Å²) >= 11 is 0. The topological polar surface area (TPSA) is 46.2 Å². The Morgan fingerprint density at radius 3 is 2.18 bits per heavy atom. The predicted octanol–water partition coefficient (Wildman–Crippen LogP) is 1.73. The van der Waals surface area contributed by atoms with Crippen molar-refractivity contribution >= 4 is 9.84 Å². The summed E-state index contributed by atoms with van der Waals surface area (Å²) in [6, 6.07) is 7.38. The first-order chi connectivity index (χ1) is 7.98. The molecule has 4 heteroatoms. The number of rotatable bonds is 4.